The predicted octanol–water partition coefficient (Wildman–Crippen LogP) is 3.37. The summed E-state index contributed by atoms with van der Waals surface area (Å²) in [6.45, 7) is 3.05. The van der Waals surface area contributed by atoms with E-state index in [1.807, 2.05) is 24.3 Å². The van der Waals surface area contributed by atoms with Gasteiger partial charge in [-0.1, -0.05) is 50.5 Å². The molecule has 2 rings (SSSR count). The van der Waals surface area contributed by atoms with Gasteiger partial charge in [0.2, 0.25) is 0 Å². The zero-order valence-electron chi connectivity index (χ0n) is 12.3. The highest BCUT2D eigenvalue weighted by Gasteiger charge is 2.23. The third-order valence-electron chi connectivity index (χ3n) is 4.45. The van der Waals surface area contributed by atoms with Crippen molar-refractivity contribution < 1.29 is 9.90 Å². The zero-order chi connectivity index (χ0) is 14.4. The smallest absolute Gasteiger partial charge is 0.307 e. The Morgan fingerprint density at radius 1 is 1.25 bits per heavy atom. The van der Waals surface area contributed by atoms with Gasteiger partial charge in [0, 0.05) is 12.6 Å². The summed E-state index contributed by atoms with van der Waals surface area (Å²) in [6, 6.07) is 8.45. The van der Waals surface area contributed by atoms with Gasteiger partial charge in [0.25, 0.3) is 0 Å². The molecule has 2 unspecified atom stereocenters. The third-order valence-corrected chi connectivity index (χ3v) is 4.45. The lowest BCUT2D eigenvalue weighted by Crippen LogP contribution is -2.38. The second kappa shape index (κ2) is 7.44. The van der Waals surface area contributed by atoms with Crippen LogP contribution in [0.15, 0.2) is 24.3 Å². The van der Waals surface area contributed by atoms with Crippen molar-refractivity contribution in [1.29, 1.82) is 0 Å². The average Bonchev–Trinajstić information content (AvgIpc) is 2.46. The molecule has 1 fully saturated rings. The number of nitrogens with one attached hydrogen (secondary N) is 1. The normalized spacial score (nSPS) is 22.6. The van der Waals surface area contributed by atoms with E-state index in [2.05, 4.69) is 12.2 Å². The van der Waals surface area contributed by atoms with Gasteiger partial charge in [0.1, 0.15) is 0 Å². The minimum absolute atomic E-state index is 0.111. The van der Waals surface area contributed by atoms with Gasteiger partial charge in [0.05, 0.1) is 6.42 Å². The Balaban J connectivity index is 1.97. The zero-order valence-corrected chi connectivity index (χ0v) is 12.3. The molecule has 1 aromatic carbocycles. The number of aliphatic carboxylic acids is 1. The van der Waals surface area contributed by atoms with E-state index in [9.17, 15) is 4.79 Å². The molecule has 1 aromatic rings. The van der Waals surface area contributed by atoms with E-state index in [1.54, 1.807) is 0 Å². The molecule has 2 N–H and O–H groups in total. The highest BCUT2D eigenvalue weighted by atomic mass is 16.4. The Hall–Kier alpha value is -1.35. The fourth-order valence-corrected chi connectivity index (χ4v) is 3.27. The van der Waals surface area contributed by atoms with Crippen LogP contribution < -0.4 is 5.32 Å². The van der Waals surface area contributed by atoms with Crippen LogP contribution in [0.1, 0.15) is 50.2 Å². The molecule has 20 heavy (non-hydrogen) atoms. The summed E-state index contributed by atoms with van der Waals surface area (Å²) < 4.78 is 0. The fraction of sp³-hybridized carbons (Fsp3) is 0.588. The summed E-state index contributed by atoms with van der Waals surface area (Å²) in [5.74, 6) is 0.0111. The van der Waals surface area contributed by atoms with Crippen molar-refractivity contribution >= 4 is 5.97 Å². The number of carbonyl (C=O) groups is 1. The van der Waals surface area contributed by atoms with Crippen LogP contribution >= 0.6 is 0 Å². The maximum Gasteiger partial charge on any atom is 0.307 e. The van der Waals surface area contributed by atoms with Crippen molar-refractivity contribution in [3.63, 3.8) is 0 Å². The highest BCUT2D eigenvalue weighted by Crippen LogP contribution is 2.27. The lowest BCUT2D eigenvalue weighted by Gasteiger charge is -2.32. The molecule has 2 atom stereocenters. The summed E-state index contributed by atoms with van der Waals surface area (Å²) in [5, 5.41) is 12.6. The second-order valence-electron chi connectivity index (χ2n) is 5.78. The standard InChI is InChI=1S/C17H25NO2/c1-2-13-7-5-6-10-16(13)18-12-15-9-4-3-8-14(15)11-17(19)20/h3-4,8-9,13,16,18H,2,5-7,10-12H2,1H3,(H,19,20). The number of rotatable bonds is 6. The van der Waals surface area contributed by atoms with Crippen LogP contribution in [0, 0.1) is 5.92 Å². The first kappa shape index (κ1) is 15.0. The summed E-state index contributed by atoms with van der Waals surface area (Å²) in [6.07, 6.45) is 6.58. The minimum atomic E-state index is -0.762. The number of carboxylic acid groups (broad SMARTS) is 1. The Morgan fingerprint density at radius 3 is 2.65 bits per heavy atom. The van der Waals surface area contributed by atoms with Gasteiger partial charge in [-0.3, -0.25) is 4.79 Å². The lowest BCUT2D eigenvalue weighted by atomic mass is 9.83. The van der Waals surface area contributed by atoms with E-state index in [-0.39, 0.29) is 6.42 Å². The molecule has 3 nitrogen and oxygen atoms in total. The maximum atomic E-state index is 10.9. The molecular formula is C17H25NO2. The molecule has 0 aliphatic heterocycles. The minimum Gasteiger partial charge on any atom is -0.481 e. The molecule has 0 aromatic heterocycles. The van der Waals surface area contributed by atoms with Crippen LogP contribution in [-0.4, -0.2) is 17.1 Å². The number of hydrogen-bond donors (Lipinski definition) is 2. The van der Waals surface area contributed by atoms with E-state index < -0.39 is 5.97 Å². The Morgan fingerprint density at radius 2 is 1.95 bits per heavy atom. The predicted molar refractivity (Wildman–Crippen MR) is 80.7 cm³/mol. The fourth-order valence-electron chi connectivity index (χ4n) is 3.27. The van der Waals surface area contributed by atoms with Gasteiger partial charge < -0.3 is 10.4 Å². The molecular weight excluding hydrogens is 250 g/mol. The molecule has 0 spiro atoms. The second-order valence-corrected chi connectivity index (χ2v) is 5.78. The van der Waals surface area contributed by atoms with Crippen molar-refractivity contribution in [3.05, 3.63) is 35.4 Å². The van der Waals surface area contributed by atoms with Gasteiger partial charge in [0.15, 0.2) is 0 Å². The summed E-state index contributed by atoms with van der Waals surface area (Å²) in [4.78, 5) is 10.9. The topological polar surface area (TPSA) is 49.3 Å². The Bertz CT molecular complexity index is 444. The molecule has 0 amide bonds. The van der Waals surface area contributed by atoms with Crippen molar-refractivity contribution in [1.82, 2.24) is 5.32 Å². The van der Waals surface area contributed by atoms with Crippen molar-refractivity contribution in [2.75, 3.05) is 0 Å². The molecule has 0 bridgehead atoms. The van der Waals surface area contributed by atoms with E-state index in [4.69, 9.17) is 5.11 Å². The molecule has 0 heterocycles. The van der Waals surface area contributed by atoms with Gasteiger partial charge in [-0.05, 0) is 29.9 Å². The number of carboxylic acids is 1. The first-order valence-corrected chi connectivity index (χ1v) is 7.72. The van der Waals surface area contributed by atoms with Crippen molar-refractivity contribution in [3.8, 4) is 0 Å². The SMILES string of the molecule is CCC1CCCCC1NCc1ccccc1CC(=O)O. The molecule has 0 saturated heterocycles. The number of hydrogen-bond acceptors (Lipinski definition) is 2. The molecule has 1 saturated carbocycles. The van der Waals surface area contributed by atoms with Crippen LogP contribution in [0.2, 0.25) is 0 Å². The van der Waals surface area contributed by atoms with Crippen LogP contribution in [0.3, 0.4) is 0 Å². The molecule has 0 radical (unpaired) electrons. The van der Waals surface area contributed by atoms with E-state index >= 15 is 0 Å². The first-order chi connectivity index (χ1) is 9.70. The van der Waals surface area contributed by atoms with Gasteiger partial charge >= 0.3 is 5.97 Å². The quantitative estimate of drug-likeness (QED) is 0.837. The van der Waals surface area contributed by atoms with E-state index in [0.717, 1.165) is 23.6 Å². The van der Waals surface area contributed by atoms with Crippen LogP contribution in [0.25, 0.3) is 0 Å². The highest BCUT2D eigenvalue weighted by molar-refractivity contribution is 5.70. The average molecular weight is 275 g/mol. The molecule has 3 heteroatoms. The van der Waals surface area contributed by atoms with Crippen molar-refractivity contribution in [2.45, 2.75) is 58.0 Å². The number of benzene rings is 1. The van der Waals surface area contributed by atoms with Crippen LogP contribution in [0.4, 0.5) is 0 Å². The van der Waals surface area contributed by atoms with E-state index in [0.29, 0.717) is 6.04 Å². The molecule has 1 aliphatic rings. The monoisotopic (exact) mass is 275 g/mol. The van der Waals surface area contributed by atoms with Gasteiger partial charge in [-0.25, -0.2) is 0 Å². The van der Waals surface area contributed by atoms with Crippen molar-refractivity contribution in [2.24, 2.45) is 5.92 Å². The van der Waals surface area contributed by atoms with Crippen LogP contribution in [-0.2, 0) is 17.8 Å². The maximum absolute atomic E-state index is 10.9. The third kappa shape index (κ3) is 4.07. The molecule has 110 valence electrons. The first-order valence-electron chi connectivity index (χ1n) is 7.72. The summed E-state index contributed by atoms with van der Waals surface area (Å²) >= 11 is 0. The van der Waals surface area contributed by atoms with Crippen LogP contribution in [0.5, 0.6) is 0 Å². The summed E-state index contributed by atoms with van der Waals surface area (Å²) in [7, 11) is 0. The summed E-state index contributed by atoms with van der Waals surface area (Å²) in [5.41, 5.74) is 2.05. The largest absolute Gasteiger partial charge is 0.481 e. The Kier molecular flexibility index (Phi) is 5.60. The van der Waals surface area contributed by atoms with E-state index in [1.165, 1.54) is 32.1 Å². The molecule has 1 aliphatic carbocycles. The van der Waals surface area contributed by atoms with Gasteiger partial charge in [-0.15, -0.1) is 0 Å². The van der Waals surface area contributed by atoms with Gasteiger partial charge in [-0.2, -0.15) is 0 Å². The Labute approximate surface area is 121 Å². The lowest BCUT2D eigenvalue weighted by molar-refractivity contribution is -0.136.